The lowest BCUT2D eigenvalue weighted by molar-refractivity contribution is 0.327. The second kappa shape index (κ2) is 10.7. The van der Waals surface area contributed by atoms with Gasteiger partial charge < -0.3 is 9.47 Å². The predicted octanol–water partition coefficient (Wildman–Crippen LogP) is 13.7. The molecular formula is C49H36N2S. The number of benzene rings is 7. The van der Waals surface area contributed by atoms with E-state index >= 15 is 0 Å². The molecule has 248 valence electrons. The van der Waals surface area contributed by atoms with Gasteiger partial charge in [0, 0.05) is 59.1 Å². The van der Waals surface area contributed by atoms with Gasteiger partial charge in [0.2, 0.25) is 0 Å². The summed E-state index contributed by atoms with van der Waals surface area (Å²) >= 11 is 1.89. The summed E-state index contributed by atoms with van der Waals surface area (Å²) in [6.45, 7) is 0. The molecule has 7 aromatic carbocycles. The molecule has 3 atom stereocenters. The minimum atomic E-state index is 0.121. The highest BCUT2D eigenvalue weighted by atomic mass is 32.1. The molecule has 0 radical (unpaired) electrons. The van der Waals surface area contributed by atoms with Gasteiger partial charge in [0.25, 0.3) is 0 Å². The van der Waals surface area contributed by atoms with Crippen molar-refractivity contribution in [3.8, 4) is 16.8 Å². The summed E-state index contributed by atoms with van der Waals surface area (Å²) in [5.41, 5.74) is 13.3. The predicted molar refractivity (Wildman–Crippen MR) is 220 cm³/mol. The van der Waals surface area contributed by atoms with Crippen molar-refractivity contribution in [1.29, 1.82) is 0 Å². The van der Waals surface area contributed by atoms with Crippen molar-refractivity contribution in [1.82, 2.24) is 4.57 Å². The second-order valence-corrected chi connectivity index (χ2v) is 16.4. The maximum Gasteiger partial charge on any atom is 0.0561 e. The molecule has 2 aromatic heterocycles. The van der Waals surface area contributed by atoms with Crippen molar-refractivity contribution in [2.24, 2.45) is 11.8 Å². The molecule has 0 N–H and O–H groups in total. The van der Waals surface area contributed by atoms with Gasteiger partial charge >= 0.3 is 0 Å². The van der Waals surface area contributed by atoms with Crippen molar-refractivity contribution >= 4 is 70.4 Å². The molecule has 3 aliphatic carbocycles. The van der Waals surface area contributed by atoms with E-state index in [2.05, 4.69) is 167 Å². The van der Waals surface area contributed by atoms with Crippen LogP contribution < -0.4 is 4.90 Å². The topological polar surface area (TPSA) is 8.17 Å². The highest BCUT2D eigenvalue weighted by Gasteiger charge is 2.56. The van der Waals surface area contributed by atoms with Crippen molar-refractivity contribution in [3.05, 3.63) is 169 Å². The molecule has 2 saturated carbocycles. The summed E-state index contributed by atoms with van der Waals surface area (Å²) in [7, 11) is 0. The first-order valence-corrected chi connectivity index (χ1v) is 19.6. The van der Waals surface area contributed by atoms with E-state index in [4.69, 9.17) is 0 Å². The van der Waals surface area contributed by atoms with E-state index in [1.54, 1.807) is 11.1 Å². The van der Waals surface area contributed by atoms with Gasteiger partial charge in [0.15, 0.2) is 0 Å². The van der Waals surface area contributed by atoms with Crippen LogP contribution in [-0.4, -0.2) is 4.57 Å². The van der Waals surface area contributed by atoms with Crippen LogP contribution in [0.4, 0.5) is 17.1 Å². The van der Waals surface area contributed by atoms with Gasteiger partial charge in [-0.1, -0.05) is 103 Å². The zero-order chi connectivity index (χ0) is 34.0. The van der Waals surface area contributed by atoms with Crippen molar-refractivity contribution in [3.63, 3.8) is 0 Å². The first-order chi connectivity index (χ1) is 25.7. The monoisotopic (exact) mass is 684 g/mol. The Morgan fingerprint density at radius 1 is 0.519 bits per heavy atom. The van der Waals surface area contributed by atoms with E-state index in [1.807, 2.05) is 11.3 Å². The minimum absolute atomic E-state index is 0.121. The van der Waals surface area contributed by atoms with Crippen LogP contribution in [-0.2, 0) is 5.41 Å². The third-order valence-corrected chi connectivity index (χ3v) is 14.0. The molecule has 12 rings (SSSR count). The van der Waals surface area contributed by atoms with Crippen LogP contribution in [0.2, 0.25) is 0 Å². The number of thiophene rings is 1. The molecule has 9 aromatic rings. The van der Waals surface area contributed by atoms with Gasteiger partial charge in [-0.3, -0.25) is 0 Å². The fraction of sp³-hybridized carbons (Fsp3) is 0.143. The SMILES string of the molecule is c1ccc(-n2c3ccccc3c3ccc(N(c4ccc5c(c4)C4(CC6CCC4C6)c4ccccc4-5)c4ccc5c(c4)sc4ccccc45)cc32)cc1. The second-order valence-electron chi connectivity index (χ2n) is 15.3. The largest absolute Gasteiger partial charge is 0.310 e. The summed E-state index contributed by atoms with van der Waals surface area (Å²) < 4.78 is 5.09. The Balaban J connectivity index is 1.11. The molecule has 0 saturated heterocycles. The molecule has 3 aliphatic rings. The minimum Gasteiger partial charge on any atom is -0.310 e. The lowest BCUT2D eigenvalue weighted by atomic mass is 9.67. The summed E-state index contributed by atoms with van der Waals surface area (Å²) in [4.78, 5) is 2.53. The van der Waals surface area contributed by atoms with Gasteiger partial charge in [0.1, 0.15) is 0 Å². The van der Waals surface area contributed by atoms with E-state index in [-0.39, 0.29) is 5.41 Å². The van der Waals surface area contributed by atoms with Crippen LogP contribution in [0, 0.1) is 11.8 Å². The van der Waals surface area contributed by atoms with Gasteiger partial charge in [0.05, 0.1) is 11.0 Å². The summed E-state index contributed by atoms with van der Waals surface area (Å²) in [6, 6.07) is 59.4. The average Bonchev–Trinajstić information content (AvgIpc) is 4.02. The Hall–Kier alpha value is -5.64. The Morgan fingerprint density at radius 2 is 1.19 bits per heavy atom. The molecule has 0 amide bonds. The van der Waals surface area contributed by atoms with Gasteiger partial charge in [-0.2, -0.15) is 0 Å². The zero-order valence-electron chi connectivity index (χ0n) is 28.8. The Kier molecular flexibility index (Phi) is 5.96. The number of aromatic nitrogens is 1. The Bertz CT molecular complexity index is 2900. The summed E-state index contributed by atoms with van der Waals surface area (Å²) in [6.07, 6.45) is 5.38. The van der Waals surface area contributed by atoms with Crippen LogP contribution >= 0.6 is 11.3 Å². The van der Waals surface area contributed by atoms with E-state index in [1.165, 1.54) is 102 Å². The fourth-order valence-corrected chi connectivity index (χ4v) is 11.9. The number of rotatable bonds is 4. The van der Waals surface area contributed by atoms with Crippen LogP contribution in [0.1, 0.15) is 36.8 Å². The molecule has 2 fully saturated rings. The first-order valence-electron chi connectivity index (χ1n) is 18.8. The molecule has 2 heterocycles. The van der Waals surface area contributed by atoms with E-state index < -0.39 is 0 Å². The molecule has 2 bridgehead atoms. The molecule has 52 heavy (non-hydrogen) atoms. The van der Waals surface area contributed by atoms with Gasteiger partial charge in [-0.15, -0.1) is 11.3 Å². The van der Waals surface area contributed by atoms with E-state index in [9.17, 15) is 0 Å². The highest BCUT2D eigenvalue weighted by molar-refractivity contribution is 7.25. The number of anilines is 3. The summed E-state index contributed by atoms with van der Waals surface area (Å²) in [5, 5.41) is 5.21. The molecule has 1 spiro atoms. The standard InChI is InChI=1S/C49H36N2S/c1-2-10-33(11-3-1)51-45-16-8-5-13-39(45)40-24-21-35(28-46(40)51)50(36-22-25-42-41-14-6-9-17-47(41)52-48(42)29-36)34-20-23-38-37-12-4-7-15-43(37)49(44(38)27-34)30-31-18-19-32(49)26-31/h1-17,20-25,27-29,31-32H,18-19,26,30H2. The van der Waals surface area contributed by atoms with Crippen LogP contribution in [0.5, 0.6) is 0 Å². The number of para-hydroxylation sites is 2. The quantitative estimate of drug-likeness (QED) is 0.179. The molecular weight excluding hydrogens is 649 g/mol. The third-order valence-electron chi connectivity index (χ3n) is 12.8. The lowest BCUT2D eigenvalue weighted by Gasteiger charge is -2.37. The molecule has 0 aliphatic heterocycles. The van der Waals surface area contributed by atoms with E-state index in [0.29, 0.717) is 0 Å². The van der Waals surface area contributed by atoms with Crippen molar-refractivity contribution in [2.45, 2.75) is 31.1 Å². The maximum atomic E-state index is 2.59. The number of hydrogen-bond acceptors (Lipinski definition) is 2. The molecule has 2 nitrogen and oxygen atoms in total. The molecule has 3 unspecified atom stereocenters. The average molecular weight is 685 g/mol. The number of fused-ring (bicyclic) bond motifs is 14. The van der Waals surface area contributed by atoms with Crippen LogP contribution in [0.25, 0.3) is 58.8 Å². The third kappa shape index (κ3) is 3.89. The zero-order valence-corrected chi connectivity index (χ0v) is 29.6. The van der Waals surface area contributed by atoms with Gasteiger partial charge in [-0.05, 0) is 114 Å². The Labute approximate surface area is 307 Å². The summed E-state index contributed by atoms with van der Waals surface area (Å²) in [5.74, 6) is 1.55. The normalized spacial score (nSPS) is 20.1. The van der Waals surface area contributed by atoms with Gasteiger partial charge in [-0.25, -0.2) is 0 Å². The maximum absolute atomic E-state index is 2.59. The number of nitrogens with zero attached hydrogens (tertiary/aromatic N) is 2. The smallest absolute Gasteiger partial charge is 0.0561 e. The number of hydrogen-bond donors (Lipinski definition) is 0. The van der Waals surface area contributed by atoms with Crippen LogP contribution in [0.3, 0.4) is 0 Å². The van der Waals surface area contributed by atoms with E-state index in [0.717, 1.165) is 11.8 Å². The highest BCUT2D eigenvalue weighted by Crippen LogP contribution is 2.66. The van der Waals surface area contributed by atoms with Crippen LogP contribution in [0.15, 0.2) is 158 Å². The first kappa shape index (κ1) is 29.0. The molecule has 3 heteroatoms. The van der Waals surface area contributed by atoms with Crippen molar-refractivity contribution in [2.75, 3.05) is 4.90 Å². The Morgan fingerprint density at radius 3 is 2.06 bits per heavy atom. The lowest BCUT2D eigenvalue weighted by Crippen LogP contribution is -2.32. The van der Waals surface area contributed by atoms with Crippen molar-refractivity contribution < 1.29 is 0 Å². The fourth-order valence-electron chi connectivity index (χ4n) is 10.8.